The molecule has 1 amide bonds. The van der Waals surface area contributed by atoms with Crippen LogP contribution in [-0.2, 0) is 6.54 Å². The highest BCUT2D eigenvalue weighted by Gasteiger charge is 2.32. The minimum Gasteiger partial charge on any atom is -0.327 e. The molecule has 0 fully saturated rings. The lowest BCUT2D eigenvalue weighted by atomic mass is 10.1. The van der Waals surface area contributed by atoms with E-state index in [-0.39, 0.29) is 17.8 Å². The van der Waals surface area contributed by atoms with E-state index in [1.165, 1.54) is 0 Å². The summed E-state index contributed by atoms with van der Waals surface area (Å²) in [6, 6.07) is 4.42. The van der Waals surface area contributed by atoms with Gasteiger partial charge in [-0.1, -0.05) is 23.2 Å². The van der Waals surface area contributed by atoms with Gasteiger partial charge in [-0.15, -0.1) is 10.2 Å². The number of hydrogen-bond acceptors (Lipinski definition) is 6. The Balaban J connectivity index is 1.62. The van der Waals surface area contributed by atoms with Crippen molar-refractivity contribution in [3.8, 4) is 10.8 Å². The van der Waals surface area contributed by atoms with Crippen LogP contribution in [0.3, 0.4) is 0 Å². The number of carbonyl (C=O) groups excluding carboxylic acids is 1. The van der Waals surface area contributed by atoms with Crippen LogP contribution in [0.15, 0.2) is 18.2 Å². The second kappa shape index (κ2) is 6.61. The number of aromatic nitrogens is 5. The molecule has 2 aromatic heterocycles. The number of halogens is 2. The third-order valence-electron chi connectivity index (χ3n) is 4.23. The van der Waals surface area contributed by atoms with E-state index in [4.69, 9.17) is 27.3 Å². The molecule has 3 aromatic rings. The lowest BCUT2D eigenvalue weighted by molar-refractivity contribution is 0.0638. The van der Waals surface area contributed by atoms with Gasteiger partial charge in [0.25, 0.3) is 5.91 Å². The molecule has 1 aromatic carbocycles. The maximum atomic E-state index is 13.0. The average molecular weight is 412 g/mol. The van der Waals surface area contributed by atoms with Crippen LogP contribution < -0.4 is 0 Å². The number of hydrogen-bond donors (Lipinski definition) is 0. The van der Waals surface area contributed by atoms with Gasteiger partial charge in [-0.05, 0) is 43.5 Å². The summed E-state index contributed by atoms with van der Waals surface area (Å²) in [5, 5.41) is 9.46. The number of benzene rings is 1. The molecule has 0 N–H and O–H groups in total. The summed E-state index contributed by atoms with van der Waals surface area (Å²) in [5.41, 5.74) is 0.436. The highest BCUT2D eigenvalue weighted by molar-refractivity contribution is 7.09. The predicted octanol–water partition coefficient (Wildman–Crippen LogP) is 3.63. The van der Waals surface area contributed by atoms with Gasteiger partial charge in [0.2, 0.25) is 0 Å². The molecule has 3 heterocycles. The first-order valence-corrected chi connectivity index (χ1v) is 9.23. The van der Waals surface area contributed by atoms with Crippen molar-refractivity contribution in [2.24, 2.45) is 0 Å². The molecule has 0 bridgehead atoms. The average Bonchev–Trinajstić information content (AvgIpc) is 3.30. The van der Waals surface area contributed by atoms with Crippen LogP contribution >= 0.6 is 34.7 Å². The number of fused-ring (bicyclic) bond motifs is 1. The molecule has 1 atom stereocenters. The van der Waals surface area contributed by atoms with Crippen molar-refractivity contribution in [2.45, 2.75) is 26.4 Å². The topological polar surface area (TPSA) is 76.8 Å². The quantitative estimate of drug-likeness (QED) is 0.643. The summed E-state index contributed by atoms with van der Waals surface area (Å²) in [5.74, 6) is 0.634. The Bertz CT molecular complexity index is 1100. The Kier molecular flexibility index (Phi) is 3.58. The first-order valence-electron chi connectivity index (χ1n) is 9.20. The monoisotopic (exact) mass is 411 g/mol. The lowest BCUT2D eigenvalue weighted by Gasteiger charge is -2.33. The van der Waals surface area contributed by atoms with E-state index < -0.39 is 6.85 Å². The van der Waals surface area contributed by atoms with Crippen molar-refractivity contribution in [3.05, 3.63) is 45.5 Å². The van der Waals surface area contributed by atoms with Crippen LogP contribution in [0.5, 0.6) is 0 Å². The van der Waals surface area contributed by atoms with E-state index in [1.807, 2.05) is 11.5 Å². The van der Waals surface area contributed by atoms with E-state index in [1.54, 1.807) is 23.1 Å². The number of amides is 1. The van der Waals surface area contributed by atoms with Crippen LogP contribution in [0, 0.1) is 6.85 Å². The Morgan fingerprint density at radius 3 is 2.88 bits per heavy atom. The van der Waals surface area contributed by atoms with Gasteiger partial charge in [-0.2, -0.15) is 4.37 Å². The summed E-state index contributed by atoms with van der Waals surface area (Å²) in [6.45, 7) is 0.337. The maximum Gasteiger partial charge on any atom is 0.254 e. The zero-order valence-electron chi connectivity index (χ0n) is 16.5. The van der Waals surface area contributed by atoms with Gasteiger partial charge in [0.1, 0.15) is 5.82 Å². The minimum absolute atomic E-state index is 0.188. The molecule has 4 rings (SSSR count). The summed E-state index contributed by atoms with van der Waals surface area (Å²) in [4.78, 5) is 18.7. The molecule has 7 nitrogen and oxygen atoms in total. The highest BCUT2D eigenvalue weighted by Crippen LogP contribution is 2.31. The largest absolute Gasteiger partial charge is 0.327 e. The van der Waals surface area contributed by atoms with Crippen LogP contribution in [0.4, 0.5) is 0 Å². The molecule has 0 aliphatic carbocycles. The Morgan fingerprint density at radius 1 is 1.31 bits per heavy atom. The second-order valence-corrected chi connectivity index (χ2v) is 7.33. The van der Waals surface area contributed by atoms with Gasteiger partial charge in [0.15, 0.2) is 16.7 Å². The fourth-order valence-electron chi connectivity index (χ4n) is 2.93. The van der Waals surface area contributed by atoms with Crippen LogP contribution in [0.25, 0.3) is 10.8 Å². The van der Waals surface area contributed by atoms with E-state index in [0.717, 1.165) is 11.5 Å². The van der Waals surface area contributed by atoms with Crippen molar-refractivity contribution in [1.29, 1.82) is 0 Å². The number of aryl methyl sites for hydroxylation is 1. The molecule has 26 heavy (non-hydrogen) atoms. The second-order valence-electron chi connectivity index (χ2n) is 5.76. The van der Waals surface area contributed by atoms with Crippen molar-refractivity contribution >= 4 is 40.6 Å². The maximum absolute atomic E-state index is 13.0. The third kappa shape index (κ3) is 2.87. The molecule has 0 spiro atoms. The molecular weight excluding hydrogens is 395 g/mol. The summed E-state index contributed by atoms with van der Waals surface area (Å²) in [6.07, 6.45) is 0. The van der Waals surface area contributed by atoms with Gasteiger partial charge in [0, 0.05) is 22.8 Å². The Labute approximate surface area is 168 Å². The molecule has 0 unspecified atom stereocenters. The number of rotatable bonds is 2. The fourth-order valence-corrected chi connectivity index (χ4v) is 3.80. The molecule has 10 heteroatoms. The summed E-state index contributed by atoms with van der Waals surface area (Å²) < 4.78 is 28.0. The van der Waals surface area contributed by atoms with Gasteiger partial charge in [-0.25, -0.2) is 4.98 Å². The van der Waals surface area contributed by atoms with Crippen LogP contribution in [0.1, 0.15) is 39.1 Å². The zero-order valence-corrected chi connectivity index (χ0v) is 15.8. The van der Waals surface area contributed by atoms with Gasteiger partial charge in [-0.3, -0.25) is 4.79 Å². The lowest BCUT2D eigenvalue weighted by Crippen LogP contribution is -2.41. The third-order valence-corrected chi connectivity index (χ3v) is 5.68. The van der Waals surface area contributed by atoms with E-state index in [0.29, 0.717) is 45.4 Å². The Morgan fingerprint density at radius 2 is 2.15 bits per heavy atom. The van der Waals surface area contributed by atoms with E-state index in [9.17, 15) is 4.79 Å². The standard InChI is InChI=1S/C16H14Cl2N6OS/c1-8-13-20-21-14(15-19-9(2)22-26-15)24(13)6-5-23(8)16(25)10-3-4-11(17)12(18)7-10/h3-4,7-8H,5-6H2,1-2H3/t8-/m1/s1/i2D3. The van der Waals surface area contributed by atoms with Gasteiger partial charge < -0.3 is 9.47 Å². The van der Waals surface area contributed by atoms with Crippen molar-refractivity contribution in [2.75, 3.05) is 6.54 Å². The van der Waals surface area contributed by atoms with Crippen molar-refractivity contribution in [3.63, 3.8) is 0 Å². The first kappa shape index (κ1) is 14.1. The summed E-state index contributed by atoms with van der Waals surface area (Å²) >= 11 is 12.9. The zero-order chi connectivity index (χ0) is 20.9. The minimum atomic E-state index is -2.38. The summed E-state index contributed by atoms with van der Waals surface area (Å²) in [7, 11) is 0. The molecule has 1 aliphatic rings. The fraction of sp³-hybridized carbons (Fsp3) is 0.312. The number of carbonyl (C=O) groups is 1. The predicted molar refractivity (Wildman–Crippen MR) is 99.6 cm³/mol. The highest BCUT2D eigenvalue weighted by atomic mass is 35.5. The molecule has 0 saturated carbocycles. The molecule has 1 aliphatic heterocycles. The molecule has 0 saturated heterocycles. The smallest absolute Gasteiger partial charge is 0.254 e. The van der Waals surface area contributed by atoms with E-state index in [2.05, 4.69) is 19.6 Å². The van der Waals surface area contributed by atoms with Crippen molar-refractivity contribution < 1.29 is 8.91 Å². The molecule has 134 valence electrons. The SMILES string of the molecule is [2H]C([2H])([2H])c1nsc(-c2nnc3n2CCN(C(=O)c2ccc(Cl)c(Cl)c2)[C@@H]3C)n1. The number of nitrogens with zero attached hydrogens (tertiary/aromatic N) is 6. The van der Waals surface area contributed by atoms with Crippen LogP contribution in [-0.4, -0.2) is 41.5 Å². The van der Waals surface area contributed by atoms with Gasteiger partial charge in [0.05, 0.1) is 16.1 Å². The molecule has 0 radical (unpaired) electrons. The first-order chi connectivity index (χ1) is 13.7. The van der Waals surface area contributed by atoms with Crippen molar-refractivity contribution in [1.82, 2.24) is 29.0 Å². The van der Waals surface area contributed by atoms with Crippen LogP contribution in [0.2, 0.25) is 10.0 Å². The van der Waals surface area contributed by atoms with E-state index >= 15 is 0 Å². The molecular formula is C16H14Cl2N6OS. The van der Waals surface area contributed by atoms with Gasteiger partial charge >= 0.3 is 0 Å². The Hall–Kier alpha value is -2.03. The normalized spacial score (nSPS) is 18.8.